The number of carbonyl (C=O) groups excluding carboxylic acids is 2. The van der Waals surface area contributed by atoms with Crippen LogP contribution in [0.15, 0.2) is 0 Å². The highest BCUT2D eigenvalue weighted by Crippen LogP contribution is 2.29. The normalized spacial score (nSPS) is 28.4. The van der Waals surface area contributed by atoms with Gasteiger partial charge in [0.1, 0.15) is 6.04 Å². The Bertz CT molecular complexity index is 337. The Labute approximate surface area is 96.4 Å². The minimum absolute atomic E-state index is 0.102. The molecule has 90 valence electrons. The van der Waals surface area contributed by atoms with Crippen molar-refractivity contribution in [2.24, 2.45) is 0 Å². The third kappa shape index (κ3) is 1.67. The van der Waals surface area contributed by atoms with Crippen LogP contribution in [0.1, 0.15) is 12.8 Å². The van der Waals surface area contributed by atoms with Crippen LogP contribution in [0, 0.1) is 0 Å². The number of hydroxylamine groups is 2. The predicted octanol–water partition coefficient (Wildman–Crippen LogP) is -1.21. The van der Waals surface area contributed by atoms with Crippen molar-refractivity contribution in [3.05, 3.63) is 0 Å². The lowest BCUT2D eigenvalue weighted by Gasteiger charge is -2.28. The monoisotopic (exact) mass is 247 g/mol. The van der Waals surface area contributed by atoms with Gasteiger partial charge in [0.15, 0.2) is 11.9 Å². The van der Waals surface area contributed by atoms with Crippen LogP contribution in [0.2, 0.25) is 0 Å². The van der Waals surface area contributed by atoms with Crippen LogP contribution < -0.4 is 5.32 Å². The molecule has 1 unspecified atom stereocenters. The van der Waals surface area contributed by atoms with Crippen molar-refractivity contribution < 1.29 is 18.1 Å². The van der Waals surface area contributed by atoms with Crippen molar-refractivity contribution in [1.29, 1.82) is 0 Å². The minimum atomic E-state index is -0.553. The lowest BCUT2D eigenvalue weighted by Crippen LogP contribution is -2.48. The summed E-state index contributed by atoms with van der Waals surface area (Å²) in [6.07, 6.45) is 1.28. The molecule has 0 radical (unpaired) electrons. The van der Waals surface area contributed by atoms with E-state index in [1.807, 2.05) is 0 Å². The summed E-state index contributed by atoms with van der Waals surface area (Å²) in [6, 6.07) is -0.931. The molecule has 2 heterocycles. The van der Waals surface area contributed by atoms with Crippen molar-refractivity contribution in [2.75, 3.05) is 13.6 Å². The molecule has 16 heavy (non-hydrogen) atoms. The zero-order valence-electron chi connectivity index (χ0n) is 8.75. The van der Waals surface area contributed by atoms with E-state index < -0.39 is 18.0 Å². The number of hydrogen-bond acceptors (Lipinski definition) is 4. The molecule has 3 amide bonds. The Morgan fingerprint density at radius 3 is 2.94 bits per heavy atom. The second-order valence-corrected chi connectivity index (χ2v) is 4.09. The average molecular weight is 247 g/mol. The summed E-state index contributed by atoms with van der Waals surface area (Å²) in [5, 5.41) is 3.62. The van der Waals surface area contributed by atoms with E-state index in [4.69, 9.17) is 4.28 Å². The molecule has 2 aliphatic heterocycles. The zero-order chi connectivity index (χ0) is 11.7. The van der Waals surface area contributed by atoms with Gasteiger partial charge in [-0.15, -0.1) is 0 Å². The maximum atomic E-state index is 11.8. The Balaban J connectivity index is 2.14. The molecule has 0 spiro atoms. The van der Waals surface area contributed by atoms with E-state index >= 15 is 0 Å². The van der Waals surface area contributed by atoms with E-state index in [2.05, 4.69) is 5.32 Å². The molecule has 0 aliphatic carbocycles. The number of urea groups is 1. The third-order valence-corrected chi connectivity index (χ3v) is 3.24. The summed E-state index contributed by atoms with van der Waals surface area (Å²) in [4.78, 5) is 24.8. The van der Waals surface area contributed by atoms with Crippen molar-refractivity contribution in [2.45, 2.75) is 24.9 Å². The number of likely N-dealkylation sites (N-methyl/N-ethyl adjacent to an activating group) is 1. The van der Waals surface area contributed by atoms with Crippen LogP contribution in [0.25, 0.3) is 0 Å². The maximum Gasteiger partial charge on any atom is 0.346 e. The highest BCUT2D eigenvalue weighted by atomic mass is 32.2. The first-order valence-corrected chi connectivity index (χ1v) is 5.73. The maximum absolute atomic E-state index is 11.8. The molecule has 2 rings (SSSR count). The lowest BCUT2D eigenvalue weighted by molar-refractivity contribution is -0.125. The second kappa shape index (κ2) is 4.38. The van der Waals surface area contributed by atoms with Gasteiger partial charge < -0.3 is 10.2 Å². The van der Waals surface area contributed by atoms with Crippen molar-refractivity contribution >= 4 is 23.9 Å². The van der Waals surface area contributed by atoms with Gasteiger partial charge in [-0.3, -0.25) is 4.79 Å². The molecule has 2 aliphatic rings. The van der Waals surface area contributed by atoms with Gasteiger partial charge in [0.05, 0.1) is 6.04 Å². The first-order chi connectivity index (χ1) is 7.69. The summed E-state index contributed by atoms with van der Waals surface area (Å²) < 4.78 is 15.1. The third-order valence-electron chi connectivity index (χ3n) is 2.99. The predicted molar refractivity (Wildman–Crippen MR) is 55.4 cm³/mol. The summed E-state index contributed by atoms with van der Waals surface area (Å²) in [7, 11) is 1.54. The lowest BCUT2D eigenvalue weighted by atomic mass is 10.0. The van der Waals surface area contributed by atoms with E-state index in [1.165, 1.54) is 4.90 Å². The molecule has 7 nitrogen and oxygen atoms in total. The van der Waals surface area contributed by atoms with Gasteiger partial charge in [0, 0.05) is 13.6 Å². The van der Waals surface area contributed by atoms with Gasteiger partial charge in [-0.25, -0.2) is 9.00 Å². The summed E-state index contributed by atoms with van der Waals surface area (Å²) in [5.41, 5.74) is 0. The highest BCUT2D eigenvalue weighted by Gasteiger charge is 2.47. The van der Waals surface area contributed by atoms with Crippen LogP contribution in [0.5, 0.6) is 0 Å². The van der Waals surface area contributed by atoms with Crippen molar-refractivity contribution in [3.63, 3.8) is 0 Å². The van der Waals surface area contributed by atoms with Crippen LogP contribution >= 0.6 is 0 Å². The Kier molecular flexibility index (Phi) is 3.10. The number of rotatable bonds is 3. The molecule has 0 aromatic heterocycles. The number of hydrogen-bond donors (Lipinski definition) is 2. The molecule has 2 fully saturated rings. The van der Waals surface area contributed by atoms with Gasteiger partial charge in [-0.1, -0.05) is 0 Å². The van der Waals surface area contributed by atoms with Gasteiger partial charge in [-0.05, 0) is 12.8 Å². The van der Waals surface area contributed by atoms with Crippen molar-refractivity contribution in [1.82, 2.24) is 15.3 Å². The fourth-order valence-corrected chi connectivity index (χ4v) is 2.49. The molecule has 1 N–H and O–H groups in total. The topological polar surface area (TPSA) is 79.0 Å². The smallest absolute Gasteiger partial charge is 0.346 e. The van der Waals surface area contributed by atoms with Gasteiger partial charge >= 0.3 is 6.03 Å². The summed E-state index contributed by atoms with van der Waals surface area (Å²) >= 11 is -0.553. The SMILES string of the molecule is CNC(=O)C1CC[C@@H]2CN1C(=O)N2O[SH]=O. The molecule has 2 atom stereocenters. The Morgan fingerprint density at radius 2 is 2.31 bits per heavy atom. The molecule has 2 saturated heterocycles. The first kappa shape index (κ1) is 11.3. The fourth-order valence-electron chi connectivity index (χ4n) is 2.21. The van der Waals surface area contributed by atoms with E-state index in [9.17, 15) is 13.8 Å². The van der Waals surface area contributed by atoms with Crippen molar-refractivity contribution in [3.8, 4) is 0 Å². The number of thiol groups is 1. The number of fused-ring (bicyclic) bond motifs is 2. The quantitative estimate of drug-likeness (QED) is 0.614. The molecule has 0 aromatic carbocycles. The number of piperidine rings is 1. The molecular weight excluding hydrogens is 234 g/mol. The standard InChI is InChI=1S/C8H13N3O4S/c1-9-7(12)6-3-2-5-4-10(6)8(13)11(5)15-16-14/h5-6,16H,2-4H2,1H3,(H,9,12)/t5-,6?/m1/s1. The van der Waals surface area contributed by atoms with E-state index in [0.717, 1.165) is 5.06 Å². The van der Waals surface area contributed by atoms with E-state index in [-0.39, 0.29) is 18.0 Å². The largest absolute Gasteiger partial charge is 0.357 e. The molecular formula is C8H13N3O4S. The van der Waals surface area contributed by atoms with E-state index in [0.29, 0.717) is 19.4 Å². The summed E-state index contributed by atoms with van der Waals surface area (Å²) in [5.74, 6) is -0.173. The molecule has 2 bridgehead atoms. The van der Waals surface area contributed by atoms with Gasteiger partial charge in [-0.2, -0.15) is 9.35 Å². The molecule has 0 aromatic rings. The summed E-state index contributed by atoms with van der Waals surface area (Å²) in [6.45, 7) is 0.451. The number of amides is 3. The molecule has 0 saturated carbocycles. The van der Waals surface area contributed by atoms with Crippen LogP contribution in [-0.2, 0) is 21.0 Å². The Hall–Kier alpha value is -1.15. The fraction of sp³-hybridized carbons (Fsp3) is 0.750. The van der Waals surface area contributed by atoms with Crippen LogP contribution in [0.4, 0.5) is 4.79 Å². The Morgan fingerprint density at radius 1 is 1.56 bits per heavy atom. The molecule has 8 heteroatoms. The first-order valence-electron chi connectivity index (χ1n) is 5.00. The average Bonchev–Trinajstić information content (AvgIpc) is 2.54. The number of carbonyl (C=O) groups is 2. The zero-order valence-corrected chi connectivity index (χ0v) is 9.65. The van der Waals surface area contributed by atoms with Crippen LogP contribution in [0.3, 0.4) is 0 Å². The minimum Gasteiger partial charge on any atom is -0.357 e. The van der Waals surface area contributed by atoms with Gasteiger partial charge in [0.2, 0.25) is 5.91 Å². The van der Waals surface area contributed by atoms with Crippen LogP contribution in [-0.4, -0.2) is 51.8 Å². The second-order valence-electron chi connectivity index (χ2n) is 3.78. The number of nitrogens with one attached hydrogen (secondary N) is 1. The number of nitrogens with zero attached hydrogens (tertiary/aromatic N) is 2. The van der Waals surface area contributed by atoms with Gasteiger partial charge in [0.25, 0.3) is 0 Å². The highest BCUT2D eigenvalue weighted by molar-refractivity contribution is 7.60. The van der Waals surface area contributed by atoms with E-state index in [1.54, 1.807) is 7.05 Å².